The number of fused-ring (bicyclic) bond motifs is 2. The number of benzene rings is 2. The van der Waals surface area contributed by atoms with Gasteiger partial charge in [-0.25, -0.2) is 0 Å². The Labute approximate surface area is 124 Å². The molecule has 2 heterocycles. The first-order valence-corrected chi connectivity index (χ1v) is 7.34. The zero-order chi connectivity index (χ0) is 14.4. The Balaban J connectivity index is 1.79. The summed E-state index contributed by atoms with van der Waals surface area (Å²) in [5.41, 5.74) is 3.65. The first kappa shape index (κ1) is 12.7. The fourth-order valence-electron chi connectivity index (χ4n) is 3.07. The van der Waals surface area contributed by atoms with Gasteiger partial charge >= 0.3 is 0 Å². The standard InChI is InChI=1S/C18H18O3/c1-18(2)20-15-10-13-8-9-19-17(12-6-4-3-5-7-12)14(13)11-16(15)21-18/h3-7,10-11,17H,8-9H2,1-2H3. The molecule has 4 rings (SSSR count). The van der Waals surface area contributed by atoms with Gasteiger partial charge < -0.3 is 14.2 Å². The van der Waals surface area contributed by atoms with Crippen LogP contribution in [0.1, 0.15) is 36.6 Å². The summed E-state index contributed by atoms with van der Waals surface area (Å²) in [6.07, 6.45) is 0.892. The second kappa shape index (κ2) is 4.50. The normalized spacial score (nSPS) is 21.9. The third-order valence-corrected chi connectivity index (χ3v) is 3.96. The van der Waals surface area contributed by atoms with E-state index < -0.39 is 5.79 Å². The monoisotopic (exact) mass is 282 g/mol. The maximum Gasteiger partial charge on any atom is 0.246 e. The molecule has 0 aliphatic carbocycles. The quantitative estimate of drug-likeness (QED) is 0.795. The van der Waals surface area contributed by atoms with Gasteiger partial charge in [0.05, 0.1) is 6.61 Å². The Morgan fingerprint density at radius 2 is 1.71 bits per heavy atom. The summed E-state index contributed by atoms with van der Waals surface area (Å²) in [6, 6.07) is 14.5. The van der Waals surface area contributed by atoms with Crippen LogP contribution in [0, 0.1) is 0 Å². The Bertz CT molecular complexity index is 676. The average Bonchev–Trinajstić information content (AvgIpc) is 2.78. The lowest BCUT2D eigenvalue weighted by Gasteiger charge is -2.26. The summed E-state index contributed by atoms with van der Waals surface area (Å²) in [6.45, 7) is 4.59. The van der Waals surface area contributed by atoms with E-state index in [9.17, 15) is 0 Å². The Morgan fingerprint density at radius 1 is 1.00 bits per heavy atom. The molecule has 2 aromatic carbocycles. The molecule has 2 aromatic rings. The van der Waals surface area contributed by atoms with Crippen LogP contribution in [0.15, 0.2) is 42.5 Å². The second-order valence-electron chi connectivity index (χ2n) is 6.01. The zero-order valence-corrected chi connectivity index (χ0v) is 12.3. The van der Waals surface area contributed by atoms with E-state index in [1.165, 1.54) is 16.7 Å². The van der Waals surface area contributed by atoms with E-state index in [2.05, 4.69) is 24.3 Å². The van der Waals surface area contributed by atoms with Crippen molar-refractivity contribution in [2.75, 3.05) is 6.61 Å². The highest BCUT2D eigenvalue weighted by Gasteiger charge is 2.34. The topological polar surface area (TPSA) is 27.7 Å². The molecule has 0 fully saturated rings. The molecule has 108 valence electrons. The minimum absolute atomic E-state index is 0.0208. The van der Waals surface area contributed by atoms with Gasteiger partial charge in [0.2, 0.25) is 5.79 Å². The van der Waals surface area contributed by atoms with Gasteiger partial charge in [-0.15, -0.1) is 0 Å². The largest absolute Gasteiger partial charge is 0.449 e. The van der Waals surface area contributed by atoms with Gasteiger partial charge in [0.25, 0.3) is 0 Å². The smallest absolute Gasteiger partial charge is 0.246 e. The molecule has 21 heavy (non-hydrogen) atoms. The molecule has 1 atom stereocenters. The SMILES string of the molecule is CC1(C)Oc2cc3c(cc2O1)C(c1ccccc1)OCC3. The van der Waals surface area contributed by atoms with Gasteiger partial charge in [-0.1, -0.05) is 30.3 Å². The van der Waals surface area contributed by atoms with Crippen molar-refractivity contribution in [1.82, 2.24) is 0 Å². The predicted octanol–water partition coefficient (Wildman–Crippen LogP) is 3.86. The van der Waals surface area contributed by atoms with Crippen molar-refractivity contribution in [2.45, 2.75) is 32.2 Å². The molecule has 0 N–H and O–H groups in total. The van der Waals surface area contributed by atoms with Crippen molar-refractivity contribution in [1.29, 1.82) is 0 Å². The highest BCUT2D eigenvalue weighted by atomic mass is 16.7. The highest BCUT2D eigenvalue weighted by Crippen LogP contribution is 2.45. The third-order valence-electron chi connectivity index (χ3n) is 3.96. The van der Waals surface area contributed by atoms with Gasteiger partial charge in [-0.2, -0.15) is 0 Å². The molecule has 0 saturated heterocycles. The Hall–Kier alpha value is -2.00. The molecule has 0 saturated carbocycles. The van der Waals surface area contributed by atoms with Crippen LogP contribution in [0.2, 0.25) is 0 Å². The fraction of sp³-hybridized carbons (Fsp3) is 0.333. The van der Waals surface area contributed by atoms with Crippen molar-refractivity contribution in [3.63, 3.8) is 0 Å². The minimum Gasteiger partial charge on any atom is -0.449 e. The molecule has 2 aliphatic rings. The molecule has 0 amide bonds. The van der Waals surface area contributed by atoms with Gasteiger partial charge in [-0.05, 0) is 35.2 Å². The van der Waals surface area contributed by atoms with E-state index in [-0.39, 0.29) is 6.10 Å². The summed E-state index contributed by atoms with van der Waals surface area (Å²) < 4.78 is 17.7. The van der Waals surface area contributed by atoms with Gasteiger partial charge in [0, 0.05) is 13.8 Å². The number of hydrogen-bond acceptors (Lipinski definition) is 3. The minimum atomic E-state index is -0.588. The molecular weight excluding hydrogens is 264 g/mol. The zero-order valence-electron chi connectivity index (χ0n) is 12.3. The van der Waals surface area contributed by atoms with Crippen LogP contribution in [0.25, 0.3) is 0 Å². The van der Waals surface area contributed by atoms with E-state index in [4.69, 9.17) is 14.2 Å². The van der Waals surface area contributed by atoms with Crippen LogP contribution in [0.5, 0.6) is 11.5 Å². The predicted molar refractivity (Wildman–Crippen MR) is 79.7 cm³/mol. The van der Waals surface area contributed by atoms with E-state index in [1.54, 1.807) is 0 Å². The lowest BCUT2D eigenvalue weighted by atomic mass is 9.92. The summed E-state index contributed by atoms with van der Waals surface area (Å²) in [4.78, 5) is 0. The van der Waals surface area contributed by atoms with Crippen LogP contribution in [0.4, 0.5) is 0 Å². The summed E-state index contributed by atoms with van der Waals surface area (Å²) in [5, 5.41) is 0. The Morgan fingerprint density at radius 3 is 2.48 bits per heavy atom. The van der Waals surface area contributed by atoms with Crippen molar-refractivity contribution >= 4 is 0 Å². The van der Waals surface area contributed by atoms with Crippen LogP contribution in [0.3, 0.4) is 0 Å². The number of ether oxygens (including phenoxy) is 3. The molecule has 0 aromatic heterocycles. The highest BCUT2D eigenvalue weighted by molar-refractivity contribution is 5.52. The Kier molecular flexibility index (Phi) is 2.73. The van der Waals surface area contributed by atoms with E-state index in [0.29, 0.717) is 0 Å². The molecule has 0 bridgehead atoms. The fourth-order valence-corrected chi connectivity index (χ4v) is 3.07. The van der Waals surface area contributed by atoms with Crippen molar-refractivity contribution in [3.05, 3.63) is 59.2 Å². The maximum absolute atomic E-state index is 6.01. The average molecular weight is 282 g/mol. The molecule has 0 radical (unpaired) electrons. The van der Waals surface area contributed by atoms with E-state index in [1.807, 2.05) is 32.0 Å². The van der Waals surface area contributed by atoms with Crippen molar-refractivity contribution in [2.24, 2.45) is 0 Å². The molecule has 1 unspecified atom stereocenters. The maximum atomic E-state index is 6.01. The van der Waals surface area contributed by atoms with Crippen LogP contribution >= 0.6 is 0 Å². The number of rotatable bonds is 1. The van der Waals surface area contributed by atoms with Gasteiger partial charge in [0.1, 0.15) is 6.10 Å². The van der Waals surface area contributed by atoms with Gasteiger partial charge in [0.15, 0.2) is 11.5 Å². The third kappa shape index (κ3) is 2.18. The summed E-state index contributed by atoms with van der Waals surface area (Å²) in [7, 11) is 0. The van der Waals surface area contributed by atoms with Crippen molar-refractivity contribution < 1.29 is 14.2 Å². The number of hydrogen-bond donors (Lipinski definition) is 0. The van der Waals surface area contributed by atoms with E-state index in [0.717, 1.165) is 24.5 Å². The summed E-state index contributed by atoms with van der Waals surface area (Å²) in [5.74, 6) is 1.06. The van der Waals surface area contributed by atoms with E-state index >= 15 is 0 Å². The molecular formula is C18H18O3. The van der Waals surface area contributed by atoms with Crippen LogP contribution in [-0.4, -0.2) is 12.4 Å². The first-order chi connectivity index (χ1) is 10.1. The molecule has 3 nitrogen and oxygen atoms in total. The lowest BCUT2D eigenvalue weighted by molar-refractivity contribution is -0.0431. The second-order valence-corrected chi connectivity index (χ2v) is 6.01. The molecule has 0 spiro atoms. The summed E-state index contributed by atoms with van der Waals surface area (Å²) >= 11 is 0. The van der Waals surface area contributed by atoms with Crippen LogP contribution < -0.4 is 9.47 Å². The van der Waals surface area contributed by atoms with Crippen LogP contribution in [-0.2, 0) is 11.2 Å². The first-order valence-electron chi connectivity index (χ1n) is 7.34. The molecule has 2 aliphatic heterocycles. The lowest BCUT2D eigenvalue weighted by Crippen LogP contribution is -2.29. The van der Waals surface area contributed by atoms with Gasteiger partial charge in [-0.3, -0.25) is 0 Å². The molecule has 3 heteroatoms. The van der Waals surface area contributed by atoms with Crippen molar-refractivity contribution in [3.8, 4) is 11.5 Å².